The molecule has 88 valence electrons. The first-order valence-corrected chi connectivity index (χ1v) is 5.43. The van der Waals surface area contributed by atoms with E-state index in [4.69, 9.17) is 0 Å². The van der Waals surface area contributed by atoms with Gasteiger partial charge in [0.05, 0.1) is 10.5 Å². The summed E-state index contributed by atoms with van der Waals surface area (Å²) in [6.07, 6.45) is 0. The van der Waals surface area contributed by atoms with Crippen LogP contribution in [0.4, 0.5) is 14.5 Å². The van der Waals surface area contributed by atoms with Gasteiger partial charge in [-0.15, -0.1) is 11.3 Å². The largest absolute Gasteiger partial charge is 0.305 e. The SMILES string of the molecule is Cc1csc(-c2c(F)ccc([N+](=O)[O-])c2F)n1. The van der Waals surface area contributed by atoms with Gasteiger partial charge in [0.25, 0.3) is 0 Å². The van der Waals surface area contributed by atoms with E-state index in [-0.39, 0.29) is 5.01 Å². The maximum atomic E-state index is 13.8. The monoisotopic (exact) mass is 256 g/mol. The zero-order valence-electron chi connectivity index (χ0n) is 8.61. The molecule has 0 aliphatic carbocycles. The quantitative estimate of drug-likeness (QED) is 0.611. The number of nitro benzene ring substituents is 1. The first kappa shape index (κ1) is 11.6. The number of benzene rings is 1. The number of nitro groups is 1. The maximum absolute atomic E-state index is 13.8. The number of aromatic nitrogens is 1. The number of thiazole rings is 1. The smallest absolute Gasteiger partial charge is 0.258 e. The molecule has 7 heteroatoms. The first-order valence-electron chi connectivity index (χ1n) is 4.55. The summed E-state index contributed by atoms with van der Waals surface area (Å²) in [5.74, 6) is -2.05. The molecule has 2 aromatic rings. The molecule has 0 aliphatic rings. The summed E-state index contributed by atoms with van der Waals surface area (Å²) >= 11 is 1.04. The molecular weight excluding hydrogens is 250 g/mol. The molecule has 1 aromatic heterocycles. The van der Waals surface area contributed by atoms with E-state index >= 15 is 0 Å². The van der Waals surface area contributed by atoms with Crippen molar-refractivity contribution in [3.05, 3.63) is 45.0 Å². The Bertz CT molecular complexity index is 598. The van der Waals surface area contributed by atoms with Crippen LogP contribution < -0.4 is 0 Å². The van der Waals surface area contributed by atoms with Crippen molar-refractivity contribution in [2.75, 3.05) is 0 Å². The van der Waals surface area contributed by atoms with Gasteiger partial charge in [-0.1, -0.05) is 0 Å². The predicted molar refractivity (Wildman–Crippen MR) is 58.9 cm³/mol. The van der Waals surface area contributed by atoms with Gasteiger partial charge in [-0.05, 0) is 13.0 Å². The summed E-state index contributed by atoms with van der Waals surface area (Å²) in [6, 6.07) is 1.67. The predicted octanol–water partition coefficient (Wildman–Crippen LogP) is 3.30. The molecule has 1 heterocycles. The third kappa shape index (κ3) is 2.01. The highest BCUT2D eigenvalue weighted by Gasteiger charge is 2.24. The molecule has 0 bridgehead atoms. The van der Waals surface area contributed by atoms with Crippen molar-refractivity contribution in [3.63, 3.8) is 0 Å². The van der Waals surface area contributed by atoms with Gasteiger partial charge in [0.15, 0.2) is 0 Å². The lowest BCUT2D eigenvalue weighted by Crippen LogP contribution is -1.97. The van der Waals surface area contributed by atoms with Crippen LogP contribution >= 0.6 is 11.3 Å². The van der Waals surface area contributed by atoms with E-state index in [1.807, 2.05) is 0 Å². The van der Waals surface area contributed by atoms with E-state index in [0.717, 1.165) is 23.5 Å². The minimum atomic E-state index is -1.19. The van der Waals surface area contributed by atoms with E-state index in [9.17, 15) is 18.9 Å². The number of hydrogen-bond donors (Lipinski definition) is 0. The highest BCUT2D eigenvalue weighted by molar-refractivity contribution is 7.13. The summed E-state index contributed by atoms with van der Waals surface area (Å²) in [4.78, 5) is 13.6. The molecule has 4 nitrogen and oxygen atoms in total. The van der Waals surface area contributed by atoms with Crippen molar-refractivity contribution >= 4 is 17.0 Å². The zero-order valence-corrected chi connectivity index (χ0v) is 9.42. The van der Waals surface area contributed by atoms with Crippen LogP contribution in [0, 0.1) is 28.7 Å². The van der Waals surface area contributed by atoms with Crippen LogP contribution in [0.25, 0.3) is 10.6 Å². The minimum Gasteiger partial charge on any atom is -0.258 e. The molecule has 0 aliphatic heterocycles. The number of nitrogens with zero attached hydrogens (tertiary/aromatic N) is 2. The summed E-state index contributed by atoms with van der Waals surface area (Å²) in [7, 11) is 0. The van der Waals surface area contributed by atoms with E-state index in [2.05, 4.69) is 4.98 Å². The van der Waals surface area contributed by atoms with Crippen molar-refractivity contribution in [1.82, 2.24) is 4.98 Å². The van der Waals surface area contributed by atoms with Crippen molar-refractivity contribution in [2.24, 2.45) is 0 Å². The summed E-state index contributed by atoms with van der Waals surface area (Å²) in [5.41, 5.74) is -0.596. The molecule has 1 aromatic carbocycles. The Balaban J connectivity index is 2.68. The molecule has 0 atom stereocenters. The Morgan fingerprint density at radius 1 is 1.41 bits per heavy atom. The van der Waals surface area contributed by atoms with E-state index in [1.54, 1.807) is 12.3 Å². The molecule has 0 radical (unpaired) electrons. The van der Waals surface area contributed by atoms with Crippen LogP contribution in [0.5, 0.6) is 0 Å². The van der Waals surface area contributed by atoms with Gasteiger partial charge in [0.1, 0.15) is 10.8 Å². The van der Waals surface area contributed by atoms with E-state index in [0.29, 0.717) is 5.69 Å². The summed E-state index contributed by atoms with van der Waals surface area (Å²) < 4.78 is 27.3. The van der Waals surface area contributed by atoms with Gasteiger partial charge in [-0.2, -0.15) is 4.39 Å². The fraction of sp³-hybridized carbons (Fsp3) is 0.100. The molecule has 0 amide bonds. The topological polar surface area (TPSA) is 56.0 Å². The van der Waals surface area contributed by atoms with Crippen LogP contribution in [0.3, 0.4) is 0 Å². The molecule has 0 N–H and O–H groups in total. The lowest BCUT2D eigenvalue weighted by Gasteiger charge is -2.01. The van der Waals surface area contributed by atoms with Gasteiger partial charge in [0, 0.05) is 17.1 Å². The molecule has 2 rings (SSSR count). The van der Waals surface area contributed by atoms with Crippen LogP contribution in [0.2, 0.25) is 0 Å². The second-order valence-electron chi connectivity index (χ2n) is 3.31. The maximum Gasteiger partial charge on any atom is 0.305 e. The molecule has 17 heavy (non-hydrogen) atoms. The third-order valence-electron chi connectivity index (χ3n) is 2.10. The molecular formula is C10H6F2N2O2S. The second kappa shape index (κ2) is 4.17. The number of hydrogen-bond acceptors (Lipinski definition) is 4. The molecule has 0 unspecified atom stereocenters. The summed E-state index contributed by atoms with van der Waals surface area (Å²) in [6.45, 7) is 1.67. The molecule has 0 spiro atoms. The van der Waals surface area contributed by atoms with Crippen molar-refractivity contribution in [1.29, 1.82) is 0 Å². The standard InChI is InChI=1S/C10H6F2N2O2S/c1-5-4-17-10(13-5)8-6(11)2-3-7(9(8)12)14(15)16/h2-4H,1H3. The Hall–Kier alpha value is -1.89. The Labute approximate surface area is 98.7 Å². The van der Waals surface area contributed by atoms with Gasteiger partial charge >= 0.3 is 5.69 Å². The number of aryl methyl sites for hydroxylation is 1. The van der Waals surface area contributed by atoms with Gasteiger partial charge in [-0.25, -0.2) is 9.37 Å². The van der Waals surface area contributed by atoms with Crippen molar-refractivity contribution in [2.45, 2.75) is 6.92 Å². The average Bonchev–Trinajstić information content (AvgIpc) is 2.64. The second-order valence-corrected chi connectivity index (χ2v) is 4.16. The number of rotatable bonds is 2. The van der Waals surface area contributed by atoms with E-state index in [1.165, 1.54) is 0 Å². The van der Waals surface area contributed by atoms with E-state index < -0.39 is 27.8 Å². The van der Waals surface area contributed by atoms with Crippen LogP contribution in [-0.2, 0) is 0 Å². The Kier molecular flexibility index (Phi) is 2.84. The average molecular weight is 256 g/mol. The Morgan fingerprint density at radius 3 is 2.65 bits per heavy atom. The van der Waals surface area contributed by atoms with Crippen LogP contribution in [-0.4, -0.2) is 9.91 Å². The fourth-order valence-electron chi connectivity index (χ4n) is 1.35. The minimum absolute atomic E-state index is 0.0983. The van der Waals surface area contributed by atoms with Crippen molar-refractivity contribution < 1.29 is 13.7 Å². The van der Waals surface area contributed by atoms with Gasteiger partial charge < -0.3 is 0 Å². The number of halogens is 2. The van der Waals surface area contributed by atoms with Gasteiger partial charge in [-0.3, -0.25) is 10.1 Å². The lowest BCUT2D eigenvalue weighted by molar-refractivity contribution is -0.387. The fourth-order valence-corrected chi connectivity index (χ4v) is 2.18. The highest BCUT2D eigenvalue weighted by atomic mass is 32.1. The van der Waals surface area contributed by atoms with Gasteiger partial charge in [0.2, 0.25) is 5.82 Å². The molecule has 0 saturated heterocycles. The molecule has 0 fully saturated rings. The summed E-state index contributed by atoms with van der Waals surface area (Å²) in [5, 5.41) is 12.3. The first-order chi connectivity index (χ1) is 8.00. The van der Waals surface area contributed by atoms with Crippen molar-refractivity contribution in [3.8, 4) is 10.6 Å². The van der Waals surface area contributed by atoms with Crippen LogP contribution in [0.15, 0.2) is 17.5 Å². The highest BCUT2D eigenvalue weighted by Crippen LogP contribution is 2.33. The van der Waals surface area contributed by atoms with Crippen LogP contribution in [0.1, 0.15) is 5.69 Å². The Morgan fingerprint density at radius 2 is 2.12 bits per heavy atom. The molecule has 0 saturated carbocycles. The zero-order chi connectivity index (χ0) is 12.6. The third-order valence-corrected chi connectivity index (χ3v) is 3.08. The normalized spacial score (nSPS) is 10.5. The lowest BCUT2D eigenvalue weighted by atomic mass is 10.2.